The zero-order valence-electron chi connectivity index (χ0n) is 10.8. The Hall–Kier alpha value is -0.0800. The highest BCUT2D eigenvalue weighted by molar-refractivity contribution is 5.16. The van der Waals surface area contributed by atoms with Crippen LogP contribution >= 0.6 is 0 Å². The molecule has 0 radical (unpaired) electrons. The fourth-order valence-electron chi connectivity index (χ4n) is 5.42. The van der Waals surface area contributed by atoms with Crippen molar-refractivity contribution in [3.63, 3.8) is 0 Å². The maximum absolute atomic E-state index is 6.41. The highest BCUT2D eigenvalue weighted by Crippen LogP contribution is 2.65. The van der Waals surface area contributed by atoms with Crippen LogP contribution in [0.1, 0.15) is 51.4 Å². The van der Waals surface area contributed by atoms with Gasteiger partial charge in [-0.1, -0.05) is 12.8 Å². The van der Waals surface area contributed by atoms with Crippen LogP contribution in [0.5, 0.6) is 0 Å². The SMILES string of the molecule is NC1(CCNC2C3C4CCC(C4)C23)CCCC1. The van der Waals surface area contributed by atoms with Gasteiger partial charge in [-0.25, -0.2) is 0 Å². The summed E-state index contributed by atoms with van der Waals surface area (Å²) in [5.74, 6) is 4.35. The fourth-order valence-corrected chi connectivity index (χ4v) is 5.42. The van der Waals surface area contributed by atoms with E-state index < -0.39 is 0 Å². The third-order valence-electron chi connectivity index (χ3n) is 6.34. The Kier molecular flexibility index (Phi) is 2.36. The van der Waals surface area contributed by atoms with Gasteiger partial charge >= 0.3 is 0 Å². The van der Waals surface area contributed by atoms with Crippen molar-refractivity contribution >= 4 is 0 Å². The van der Waals surface area contributed by atoms with E-state index in [4.69, 9.17) is 5.73 Å². The van der Waals surface area contributed by atoms with Gasteiger partial charge in [-0.15, -0.1) is 0 Å². The lowest BCUT2D eigenvalue weighted by Crippen LogP contribution is -2.40. The molecule has 0 aromatic carbocycles. The maximum Gasteiger partial charge on any atom is 0.0166 e. The van der Waals surface area contributed by atoms with Crippen LogP contribution in [-0.2, 0) is 0 Å². The molecule has 0 heterocycles. The summed E-state index contributed by atoms with van der Waals surface area (Å²) < 4.78 is 0. The normalized spacial score (nSPS) is 49.6. The van der Waals surface area contributed by atoms with Gasteiger partial charge in [-0.2, -0.15) is 0 Å². The van der Waals surface area contributed by atoms with Gasteiger partial charge in [0.15, 0.2) is 0 Å². The number of hydrogen-bond donors (Lipinski definition) is 2. The number of hydrogen-bond acceptors (Lipinski definition) is 2. The average molecular weight is 234 g/mol. The van der Waals surface area contributed by atoms with Crippen molar-refractivity contribution in [2.75, 3.05) is 6.54 Å². The minimum absolute atomic E-state index is 0.190. The predicted octanol–water partition coefficient (Wildman–Crippen LogP) is 2.28. The van der Waals surface area contributed by atoms with E-state index in [1.54, 1.807) is 6.42 Å². The molecule has 0 aromatic rings. The summed E-state index contributed by atoms with van der Waals surface area (Å²) in [4.78, 5) is 0. The second-order valence-electron chi connectivity index (χ2n) is 7.29. The minimum atomic E-state index is 0.190. The van der Waals surface area contributed by atoms with Gasteiger partial charge in [-0.05, 0) is 68.7 Å². The quantitative estimate of drug-likeness (QED) is 0.783. The molecule has 4 aliphatic carbocycles. The van der Waals surface area contributed by atoms with Crippen LogP contribution in [0.3, 0.4) is 0 Å². The maximum atomic E-state index is 6.41. The summed E-state index contributed by atoms with van der Waals surface area (Å²) in [5, 5.41) is 3.83. The molecule has 0 amide bonds. The molecule has 0 aliphatic heterocycles. The number of fused-ring (bicyclic) bond motifs is 5. The molecule has 0 spiro atoms. The van der Waals surface area contributed by atoms with Gasteiger partial charge in [0.1, 0.15) is 0 Å². The second-order valence-corrected chi connectivity index (χ2v) is 7.29. The minimum Gasteiger partial charge on any atom is -0.325 e. The van der Waals surface area contributed by atoms with Gasteiger partial charge in [0.25, 0.3) is 0 Å². The molecule has 96 valence electrons. The number of nitrogens with two attached hydrogens (primary N) is 1. The van der Waals surface area contributed by atoms with Crippen molar-refractivity contribution in [1.29, 1.82) is 0 Å². The Morgan fingerprint density at radius 2 is 1.71 bits per heavy atom. The third-order valence-corrected chi connectivity index (χ3v) is 6.34. The summed E-state index contributed by atoms with van der Waals surface area (Å²) in [6.45, 7) is 1.17. The van der Waals surface area contributed by atoms with E-state index in [2.05, 4.69) is 5.32 Å². The van der Waals surface area contributed by atoms with E-state index in [0.29, 0.717) is 0 Å². The van der Waals surface area contributed by atoms with Crippen molar-refractivity contribution in [2.45, 2.75) is 62.9 Å². The van der Waals surface area contributed by atoms with Crippen molar-refractivity contribution in [3.8, 4) is 0 Å². The van der Waals surface area contributed by atoms with E-state index in [0.717, 1.165) is 29.7 Å². The molecule has 0 aromatic heterocycles. The van der Waals surface area contributed by atoms with Crippen molar-refractivity contribution in [3.05, 3.63) is 0 Å². The van der Waals surface area contributed by atoms with E-state index in [9.17, 15) is 0 Å². The average Bonchev–Trinajstić information content (AvgIpc) is 2.75. The standard InChI is InChI=1S/C15H26N2/c16-15(5-1-2-6-15)7-8-17-14-12-10-3-4-11(9-10)13(12)14/h10-14,17H,1-9,16H2. The van der Waals surface area contributed by atoms with E-state index >= 15 is 0 Å². The topological polar surface area (TPSA) is 38.0 Å². The first-order valence-electron chi connectivity index (χ1n) is 7.79. The highest BCUT2D eigenvalue weighted by Gasteiger charge is 2.64. The van der Waals surface area contributed by atoms with Gasteiger partial charge in [0.05, 0.1) is 0 Å². The molecule has 17 heavy (non-hydrogen) atoms. The molecular formula is C15H26N2. The summed E-state index contributed by atoms with van der Waals surface area (Å²) in [6, 6.07) is 0.895. The van der Waals surface area contributed by atoms with E-state index in [-0.39, 0.29) is 5.54 Å². The van der Waals surface area contributed by atoms with Crippen molar-refractivity contribution < 1.29 is 0 Å². The van der Waals surface area contributed by atoms with Crippen molar-refractivity contribution in [1.82, 2.24) is 5.32 Å². The third kappa shape index (κ3) is 1.67. The van der Waals surface area contributed by atoms with Gasteiger partial charge in [-0.3, -0.25) is 0 Å². The van der Waals surface area contributed by atoms with Crippen LogP contribution in [0, 0.1) is 23.7 Å². The Labute approximate surface area is 105 Å². The molecule has 2 heteroatoms. The molecule has 4 aliphatic rings. The lowest BCUT2D eigenvalue weighted by molar-refractivity contribution is 0.378. The molecule has 0 saturated heterocycles. The van der Waals surface area contributed by atoms with Gasteiger partial charge in [0.2, 0.25) is 0 Å². The molecule has 4 fully saturated rings. The van der Waals surface area contributed by atoms with Crippen LogP contribution in [0.2, 0.25) is 0 Å². The molecule has 4 saturated carbocycles. The molecule has 3 N–H and O–H groups in total. The van der Waals surface area contributed by atoms with Crippen LogP contribution in [0.4, 0.5) is 0 Å². The number of rotatable bonds is 4. The predicted molar refractivity (Wildman–Crippen MR) is 69.6 cm³/mol. The number of nitrogens with one attached hydrogen (secondary N) is 1. The van der Waals surface area contributed by atoms with Gasteiger partial charge < -0.3 is 11.1 Å². The van der Waals surface area contributed by atoms with E-state index in [1.807, 2.05) is 0 Å². The second kappa shape index (κ2) is 3.71. The Balaban J connectivity index is 1.25. The molecule has 4 rings (SSSR count). The summed E-state index contributed by atoms with van der Waals surface area (Å²) in [7, 11) is 0. The summed E-state index contributed by atoms with van der Waals surface area (Å²) in [5.41, 5.74) is 6.60. The van der Waals surface area contributed by atoms with Crippen molar-refractivity contribution in [2.24, 2.45) is 29.4 Å². The molecule has 2 bridgehead atoms. The Morgan fingerprint density at radius 3 is 2.35 bits per heavy atom. The van der Waals surface area contributed by atoms with E-state index in [1.165, 1.54) is 51.5 Å². The fraction of sp³-hybridized carbons (Fsp3) is 1.00. The Bertz CT molecular complexity index is 292. The lowest BCUT2D eigenvalue weighted by Gasteiger charge is -2.24. The smallest absolute Gasteiger partial charge is 0.0166 e. The molecule has 4 atom stereocenters. The van der Waals surface area contributed by atoms with Crippen LogP contribution in [0.15, 0.2) is 0 Å². The highest BCUT2D eigenvalue weighted by atomic mass is 15.0. The first-order chi connectivity index (χ1) is 8.27. The van der Waals surface area contributed by atoms with Crippen LogP contribution < -0.4 is 11.1 Å². The van der Waals surface area contributed by atoms with Crippen LogP contribution in [0.25, 0.3) is 0 Å². The Morgan fingerprint density at radius 1 is 1.06 bits per heavy atom. The molecule has 4 unspecified atom stereocenters. The zero-order chi connectivity index (χ0) is 11.5. The lowest BCUT2D eigenvalue weighted by atomic mass is 9.95. The zero-order valence-corrected chi connectivity index (χ0v) is 10.8. The van der Waals surface area contributed by atoms with Gasteiger partial charge in [0, 0.05) is 11.6 Å². The van der Waals surface area contributed by atoms with Crippen LogP contribution in [-0.4, -0.2) is 18.1 Å². The molecular weight excluding hydrogens is 208 g/mol. The monoisotopic (exact) mass is 234 g/mol. The first kappa shape index (κ1) is 10.8. The summed E-state index contributed by atoms with van der Waals surface area (Å²) in [6.07, 6.45) is 11.1. The largest absolute Gasteiger partial charge is 0.325 e. The first-order valence-corrected chi connectivity index (χ1v) is 7.79. The summed E-state index contributed by atoms with van der Waals surface area (Å²) >= 11 is 0. The molecule has 2 nitrogen and oxygen atoms in total.